The van der Waals surface area contributed by atoms with E-state index in [0.29, 0.717) is 10.8 Å². The monoisotopic (exact) mass is 501 g/mol. The molecule has 0 unspecified atom stereocenters. The molecule has 7 nitrogen and oxygen atoms in total. The zero-order valence-corrected chi connectivity index (χ0v) is 19.8. The maximum Gasteiger partial charge on any atom is 0.251 e. The molecule has 0 aliphatic carbocycles. The highest BCUT2D eigenvalue weighted by Gasteiger charge is 2.51. The summed E-state index contributed by atoms with van der Waals surface area (Å²) in [7, 11) is 2.71. The normalized spacial score (nSPS) is 19.5. The van der Waals surface area contributed by atoms with Crippen LogP contribution in [0.2, 0.25) is 5.02 Å². The molecule has 1 saturated heterocycles. The molecule has 2 aromatic carbocycles. The molecule has 0 saturated carbocycles. The minimum Gasteiger partial charge on any atom is -0.497 e. The molecule has 1 aliphatic rings. The smallest absolute Gasteiger partial charge is 0.251 e. The molecule has 10 heteroatoms. The molecular formula is C25H22ClF2N3O4. The van der Waals surface area contributed by atoms with Crippen molar-refractivity contribution in [2.24, 2.45) is 0 Å². The number of pyridine rings is 1. The van der Waals surface area contributed by atoms with Crippen molar-refractivity contribution in [1.29, 1.82) is 0 Å². The maximum absolute atomic E-state index is 15.2. The molecule has 3 atom stereocenters. The molecule has 4 rings (SSSR count). The van der Waals surface area contributed by atoms with Crippen LogP contribution in [0.4, 0.5) is 14.6 Å². The van der Waals surface area contributed by atoms with Crippen LogP contribution < -0.4 is 19.7 Å². The second kappa shape index (κ2) is 9.87. The van der Waals surface area contributed by atoms with E-state index in [1.807, 2.05) is 0 Å². The first-order chi connectivity index (χ1) is 16.8. The first-order valence-corrected chi connectivity index (χ1v) is 11.1. The van der Waals surface area contributed by atoms with Crippen molar-refractivity contribution in [2.75, 3.05) is 19.1 Å². The Kier molecular flexibility index (Phi) is 6.88. The van der Waals surface area contributed by atoms with E-state index >= 15 is 8.78 Å². The fraction of sp³-hybridized carbons (Fsp3) is 0.240. The Labute approximate surface area is 205 Å². The number of amides is 2. The SMILES string of the molecule is COc1cc(F)c([C@H]2[C@H](NC(=O)c3ccc(Cl)cc3)C(=O)N(c3ncccc3OC)[C@H]2C)c(F)c1. The minimum absolute atomic E-state index is 0.00859. The molecule has 2 amide bonds. The average molecular weight is 502 g/mol. The summed E-state index contributed by atoms with van der Waals surface area (Å²) in [6.07, 6.45) is 1.47. The van der Waals surface area contributed by atoms with Crippen LogP contribution in [0.25, 0.3) is 0 Å². The third-order valence-corrected chi connectivity index (χ3v) is 6.26. The highest BCUT2D eigenvalue weighted by atomic mass is 35.5. The zero-order chi connectivity index (χ0) is 25.3. The number of benzene rings is 2. The molecule has 1 fully saturated rings. The van der Waals surface area contributed by atoms with Crippen LogP contribution in [0.5, 0.6) is 11.5 Å². The molecule has 1 aliphatic heterocycles. The molecule has 35 heavy (non-hydrogen) atoms. The third kappa shape index (κ3) is 4.51. The number of hydrogen-bond acceptors (Lipinski definition) is 5. The quantitative estimate of drug-likeness (QED) is 0.543. The van der Waals surface area contributed by atoms with Gasteiger partial charge in [-0.1, -0.05) is 11.6 Å². The zero-order valence-electron chi connectivity index (χ0n) is 19.1. The van der Waals surface area contributed by atoms with Gasteiger partial charge >= 0.3 is 0 Å². The molecule has 1 N–H and O–H groups in total. The topological polar surface area (TPSA) is 80.8 Å². The molecule has 0 bridgehead atoms. The number of methoxy groups -OCH3 is 2. The lowest BCUT2D eigenvalue weighted by atomic mass is 9.87. The summed E-state index contributed by atoms with van der Waals surface area (Å²) in [6, 6.07) is 9.28. The van der Waals surface area contributed by atoms with Crippen LogP contribution in [0.15, 0.2) is 54.7 Å². The van der Waals surface area contributed by atoms with Crippen LogP contribution in [0.3, 0.4) is 0 Å². The number of hydrogen-bond donors (Lipinski definition) is 1. The number of anilines is 1. The summed E-state index contributed by atoms with van der Waals surface area (Å²) >= 11 is 5.90. The number of carbonyl (C=O) groups excluding carboxylic acids is 2. The molecule has 3 aromatic rings. The van der Waals surface area contributed by atoms with Crippen molar-refractivity contribution < 1.29 is 27.8 Å². The predicted molar refractivity (Wildman–Crippen MR) is 126 cm³/mol. The fourth-order valence-electron chi connectivity index (χ4n) is 4.35. The van der Waals surface area contributed by atoms with Gasteiger partial charge in [-0.15, -0.1) is 0 Å². The molecule has 1 aromatic heterocycles. The van der Waals surface area contributed by atoms with Crippen LogP contribution in [-0.4, -0.2) is 43.1 Å². The number of rotatable bonds is 6. The van der Waals surface area contributed by atoms with Crippen molar-refractivity contribution in [2.45, 2.75) is 24.9 Å². The average Bonchev–Trinajstić information content (AvgIpc) is 3.08. The summed E-state index contributed by atoms with van der Waals surface area (Å²) in [5, 5.41) is 3.09. The van der Waals surface area contributed by atoms with Gasteiger partial charge in [0.2, 0.25) is 0 Å². The number of carbonyl (C=O) groups is 2. The van der Waals surface area contributed by atoms with Crippen molar-refractivity contribution in [3.8, 4) is 11.5 Å². The van der Waals surface area contributed by atoms with E-state index in [0.717, 1.165) is 12.1 Å². The Hall–Kier alpha value is -3.72. The van der Waals surface area contributed by atoms with E-state index < -0.39 is 41.5 Å². The summed E-state index contributed by atoms with van der Waals surface area (Å²) in [5.41, 5.74) is -0.108. The Balaban J connectivity index is 1.81. The lowest BCUT2D eigenvalue weighted by Crippen LogP contribution is -2.44. The Morgan fingerprint density at radius 3 is 2.34 bits per heavy atom. The maximum atomic E-state index is 15.2. The van der Waals surface area contributed by atoms with Gasteiger partial charge in [-0.05, 0) is 43.3 Å². The van der Waals surface area contributed by atoms with Gasteiger partial charge in [-0.25, -0.2) is 13.8 Å². The van der Waals surface area contributed by atoms with Crippen molar-refractivity contribution >= 4 is 29.2 Å². The number of halogens is 3. The summed E-state index contributed by atoms with van der Waals surface area (Å²) in [4.78, 5) is 32.2. The van der Waals surface area contributed by atoms with Gasteiger partial charge in [-0.2, -0.15) is 0 Å². The number of ether oxygens (including phenoxy) is 2. The first kappa shape index (κ1) is 24.4. The summed E-state index contributed by atoms with van der Waals surface area (Å²) < 4.78 is 40.7. The van der Waals surface area contributed by atoms with E-state index in [1.165, 1.54) is 49.6 Å². The van der Waals surface area contributed by atoms with Gasteiger partial charge in [0.15, 0.2) is 11.6 Å². The summed E-state index contributed by atoms with van der Waals surface area (Å²) in [6.45, 7) is 1.63. The summed E-state index contributed by atoms with van der Waals surface area (Å²) in [5.74, 6) is -3.60. The largest absolute Gasteiger partial charge is 0.497 e. The number of aromatic nitrogens is 1. The molecule has 0 spiro atoms. The van der Waals surface area contributed by atoms with Gasteiger partial charge in [-0.3, -0.25) is 14.5 Å². The Morgan fingerprint density at radius 1 is 1.09 bits per heavy atom. The Morgan fingerprint density at radius 2 is 1.74 bits per heavy atom. The highest BCUT2D eigenvalue weighted by molar-refractivity contribution is 6.30. The van der Waals surface area contributed by atoms with Crippen LogP contribution in [0.1, 0.15) is 28.8 Å². The van der Waals surface area contributed by atoms with Crippen LogP contribution in [0, 0.1) is 11.6 Å². The standard InChI is InChI=1S/C25H22ClF2N3O4/c1-13-20(21-17(27)11-16(34-2)12-18(21)28)22(30-24(32)14-6-8-15(26)9-7-14)25(33)31(13)23-19(35-3)5-4-10-29-23/h4-13,20,22H,1-3H3,(H,30,32)/t13-,20-,22-/m0/s1. The minimum atomic E-state index is -1.29. The Bertz CT molecular complexity index is 1250. The van der Waals surface area contributed by atoms with Crippen molar-refractivity contribution in [3.05, 3.63) is 82.5 Å². The highest BCUT2D eigenvalue weighted by Crippen LogP contribution is 2.42. The van der Waals surface area contributed by atoms with Crippen LogP contribution >= 0.6 is 11.6 Å². The predicted octanol–water partition coefficient (Wildman–Crippen LogP) is 4.35. The van der Waals surface area contributed by atoms with E-state index in [4.69, 9.17) is 21.1 Å². The lowest BCUT2D eigenvalue weighted by Gasteiger charge is -2.26. The van der Waals surface area contributed by atoms with Gasteiger partial charge in [0.05, 0.1) is 14.2 Å². The van der Waals surface area contributed by atoms with E-state index in [-0.39, 0.29) is 22.7 Å². The van der Waals surface area contributed by atoms with Crippen molar-refractivity contribution in [1.82, 2.24) is 10.3 Å². The lowest BCUT2D eigenvalue weighted by molar-refractivity contribution is -0.118. The van der Waals surface area contributed by atoms with E-state index in [1.54, 1.807) is 19.1 Å². The van der Waals surface area contributed by atoms with Gasteiger partial charge in [0.1, 0.15) is 23.4 Å². The second-order valence-corrected chi connectivity index (χ2v) is 8.40. The molecular weight excluding hydrogens is 480 g/mol. The first-order valence-electron chi connectivity index (χ1n) is 10.7. The van der Waals surface area contributed by atoms with E-state index in [2.05, 4.69) is 10.3 Å². The van der Waals surface area contributed by atoms with Gasteiger partial charge in [0, 0.05) is 46.4 Å². The van der Waals surface area contributed by atoms with Gasteiger partial charge in [0.25, 0.3) is 11.8 Å². The van der Waals surface area contributed by atoms with Crippen LogP contribution in [-0.2, 0) is 4.79 Å². The number of nitrogens with one attached hydrogen (secondary N) is 1. The van der Waals surface area contributed by atoms with Gasteiger partial charge < -0.3 is 14.8 Å². The van der Waals surface area contributed by atoms with E-state index in [9.17, 15) is 9.59 Å². The fourth-order valence-corrected chi connectivity index (χ4v) is 4.47. The van der Waals surface area contributed by atoms with Crippen molar-refractivity contribution in [3.63, 3.8) is 0 Å². The third-order valence-electron chi connectivity index (χ3n) is 6.00. The molecule has 2 heterocycles. The number of nitrogens with zero attached hydrogens (tertiary/aromatic N) is 2. The molecule has 182 valence electrons. The second-order valence-electron chi connectivity index (χ2n) is 7.97. The molecule has 0 radical (unpaired) electrons.